The lowest BCUT2D eigenvalue weighted by Gasteiger charge is -2.13. The van der Waals surface area contributed by atoms with E-state index in [0.717, 1.165) is 12.3 Å². The lowest BCUT2D eigenvalue weighted by atomic mass is 9.90. The van der Waals surface area contributed by atoms with Gasteiger partial charge < -0.3 is 5.32 Å². The maximum Gasteiger partial charge on any atom is 0.343 e. The molecular weight excluding hydrogens is 294 g/mol. The Morgan fingerprint density at radius 1 is 0.833 bits per heavy atom. The minimum atomic E-state index is 0.871. The molecule has 2 nitrogen and oxygen atoms in total. The molecule has 0 spiro atoms. The van der Waals surface area contributed by atoms with Crippen LogP contribution in [0.3, 0.4) is 0 Å². The van der Waals surface area contributed by atoms with Gasteiger partial charge in [-0.05, 0) is 47.0 Å². The van der Waals surface area contributed by atoms with Crippen molar-refractivity contribution in [1.82, 2.24) is 5.32 Å². The third kappa shape index (κ3) is 3.61. The van der Waals surface area contributed by atoms with Crippen molar-refractivity contribution in [2.24, 2.45) is 0 Å². The van der Waals surface area contributed by atoms with E-state index in [9.17, 15) is 0 Å². The Kier molecular flexibility index (Phi) is 5.19. The first-order chi connectivity index (χ1) is 11.8. The number of hydrogen-bond acceptors (Lipinski definition) is 1. The Labute approximate surface area is 143 Å². The lowest BCUT2D eigenvalue weighted by molar-refractivity contribution is -0.417. The lowest BCUT2D eigenvalue weighted by Crippen LogP contribution is -2.05. The molecule has 2 aromatic rings. The largest absolute Gasteiger partial charge is 0.343 e. The molecule has 0 aliphatic heterocycles. The third-order valence-electron chi connectivity index (χ3n) is 4.06. The first kappa shape index (κ1) is 16.2. The van der Waals surface area contributed by atoms with Crippen molar-refractivity contribution >= 4 is 11.4 Å². The smallest absolute Gasteiger partial charge is 0.316 e. The van der Waals surface area contributed by atoms with Crippen LogP contribution in [0.5, 0.6) is 0 Å². The quantitative estimate of drug-likeness (QED) is 0.845. The first-order valence-corrected chi connectivity index (χ1v) is 8.12. The van der Waals surface area contributed by atoms with Gasteiger partial charge >= 0.3 is 5.78 Å². The van der Waals surface area contributed by atoms with Gasteiger partial charge in [-0.15, -0.1) is 0 Å². The maximum absolute atomic E-state index is 5.29. The molecule has 1 aliphatic carbocycles. The summed E-state index contributed by atoms with van der Waals surface area (Å²) in [4.78, 5) is 0. The molecule has 24 heavy (non-hydrogen) atoms. The first-order valence-electron chi connectivity index (χ1n) is 8.12. The molecule has 0 saturated heterocycles. The Hall–Kier alpha value is -2.71. The van der Waals surface area contributed by atoms with Crippen molar-refractivity contribution < 1.29 is 4.42 Å². The summed E-state index contributed by atoms with van der Waals surface area (Å²) < 4.78 is 5.29. The Bertz CT molecular complexity index is 791. The standard InChI is InChI=1S/C22H22NO/c1-23-16-17-8-10-19(11-9-17)22(18-6-4-3-5-7-18)20-12-14-21(24-2)15-13-20/h3-15,23H,16H2,1-2H3/q+1. The van der Waals surface area contributed by atoms with Crippen molar-refractivity contribution in [1.29, 1.82) is 0 Å². The van der Waals surface area contributed by atoms with Crippen molar-refractivity contribution in [3.8, 4) is 0 Å². The van der Waals surface area contributed by atoms with Crippen molar-refractivity contribution in [3.63, 3.8) is 0 Å². The topological polar surface area (TPSA) is 23.3 Å². The Morgan fingerprint density at radius 3 is 2.04 bits per heavy atom. The van der Waals surface area contributed by atoms with Crippen LogP contribution in [0.1, 0.15) is 16.7 Å². The second-order valence-corrected chi connectivity index (χ2v) is 5.70. The van der Waals surface area contributed by atoms with E-state index < -0.39 is 0 Å². The molecule has 0 bridgehead atoms. The molecule has 0 atom stereocenters. The van der Waals surface area contributed by atoms with Crippen LogP contribution in [0, 0.1) is 0 Å². The zero-order chi connectivity index (χ0) is 16.8. The average molecular weight is 316 g/mol. The monoisotopic (exact) mass is 316 g/mol. The molecule has 0 radical (unpaired) electrons. The van der Waals surface area contributed by atoms with Crippen LogP contribution in [0.4, 0.5) is 0 Å². The zero-order valence-electron chi connectivity index (χ0n) is 14.1. The average Bonchev–Trinajstić information content (AvgIpc) is 2.65. The molecule has 120 valence electrons. The molecule has 1 aliphatic rings. The maximum atomic E-state index is 5.29. The van der Waals surface area contributed by atoms with Gasteiger partial charge in [0.25, 0.3) is 7.11 Å². The minimum absolute atomic E-state index is 0.871. The van der Waals surface area contributed by atoms with Crippen LogP contribution in [0.2, 0.25) is 0 Å². The molecule has 0 amide bonds. The summed E-state index contributed by atoms with van der Waals surface area (Å²) in [6.07, 6.45) is 8.24. The number of allylic oxidation sites excluding steroid dienone is 5. The van der Waals surface area contributed by atoms with Gasteiger partial charge in [-0.2, -0.15) is 0 Å². The van der Waals surface area contributed by atoms with Crippen LogP contribution in [0.15, 0.2) is 84.5 Å². The van der Waals surface area contributed by atoms with Gasteiger partial charge in [0.05, 0.1) is 0 Å². The molecular formula is C22H22NO+. The summed E-state index contributed by atoms with van der Waals surface area (Å²) >= 11 is 0. The number of benzene rings is 2. The second kappa shape index (κ2) is 7.71. The molecule has 2 aromatic carbocycles. The fraction of sp³-hybridized carbons (Fsp3) is 0.136. The number of carbonyl (C=O) groups excluding carboxylic acids is 1. The van der Waals surface area contributed by atoms with E-state index in [2.05, 4.69) is 66.0 Å². The van der Waals surface area contributed by atoms with Gasteiger partial charge in [-0.1, -0.05) is 54.6 Å². The van der Waals surface area contributed by atoms with E-state index in [0.29, 0.717) is 0 Å². The van der Waals surface area contributed by atoms with E-state index in [1.165, 1.54) is 27.8 Å². The Morgan fingerprint density at radius 2 is 1.46 bits per heavy atom. The van der Waals surface area contributed by atoms with Gasteiger partial charge in [0.1, 0.15) is 0 Å². The predicted octanol–water partition coefficient (Wildman–Crippen LogP) is 4.07. The third-order valence-corrected chi connectivity index (χ3v) is 4.06. The highest BCUT2D eigenvalue weighted by Crippen LogP contribution is 2.29. The van der Waals surface area contributed by atoms with Gasteiger partial charge in [0, 0.05) is 18.7 Å². The molecule has 0 heterocycles. The van der Waals surface area contributed by atoms with Gasteiger partial charge in [0.15, 0.2) is 0 Å². The van der Waals surface area contributed by atoms with E-state index in [1.807, 2.05) is 25.3 Å². The van der Waals surface area contributed by atoms with E-state index in [4.69, 9.17) is 4.42 Å². The fourth-order valence-electron chi connectivity index (χ4n) is 2.86. The van der Waals surface area contributed by atoms with Crippen molar-refractivity contribution in [3.05, 3.63) is 101 Å². The van der Waals surface area contributed by atoms with Gasteiger partial charge in [-0.3, -0.25) is 4.42 Å². The molecule has 2 heteroatoms. The van der Waals surface area contributed by atoms with Crippen LogP contribution in [0.25, 0.3) is 5.57 Å². The highest BCUT2D eigenvalue weighted by Gasteiger charge is 2.13. The number of hydrogen-bond donors (Lipinski definition) is 1. The summed E-state index contributed by atoms with van der Waals surface area (Å²) in [7, 11) is 3.66. The minimum Gasteiger partial charge on any atom is -0.316 e. The van der Waals surface area contributed by atoms with Crippen LogP contribution in [-0.4, -0.2) is 19.9 Å². The predicted molar refractivity (Wildman–Crippen MR) is 101 cm³/mol. The van der Waals surface area contributed by atoms with Gasteiger partial charge in [0.2, 0.25) is 0 Å². The normalized spacial score (nSPS) is 13.2. The number of rotatable bonds is 4. The van der Waals surface area contributed by atoms with E-state index in [1.54, 1.807) is 7.11 Å². The molecule has 0 unspecified atom stereocenters. The van der Waals surface area contributed by atoms with E-state index in [-0.39, 0.29) is 0 Å². The molecule has 0 aromatic heterocycles. The number of ketones is 1. The summed E-state index contributed by atoms with van der Waals surface area (Å²) in [5.74, 6) is 0.871. The van der Waals surface area contributed by atoms with Crippen LogP contribution < -0.4 is 5.32 Å². The fourth-order valence-corrected chi connectivity index (χ4v) is 2.86. The zero-order valence-corrected chi connectivity index (χ0v) is 14.1. The molecule has 0 fully saturated rings. The SMILES string of the molecule is CNCc1ccc(C(=C2C=CC(=[O+]C)C=C2)c2ccccc2)cc1. The molecule has 3 rings (SSSR count). The second-order valence-electron chi connectivity index (χ2n) is 5.70. The molecule has 0 saturated carbocycles. The van der Waals surface area contributed by atoms with Crippen molar-refractivity contribution in [2.75, 3.05) is 14.2 Å². The van der Waals surface area contributed by atoms with Crippen LogP contribution >= 0.6 is 0 Å². The van der Waals surface area contributed by atoms with E-state index >= 15 is 0 Å². The van der Waals surface area contributed by atoms with Crippen LogP contribution in [-0.2, 0) is 11.0 Å². The summed E-state index contributed by atoms with van der Waals surface area (Å²) in [6, 6.07) is 19.3. The number of nitrogens with one attached hydrogen (secondary N) is 1. The van der Waals surface area contributed by atoms with Gasteiger partial charge in [-0.25, -0.2) is 0 Å². The summed E-state index contributed by atoms with van der Waals surface area (Å²) in [6.45, 7) is 0.878. The Balaban J connectivity index is 2.09. The van der Waals surface area contributed by atoms with Crippen molar-refractivity contribution in [2.45, 2.75) is 6.54 Å². The highest BCUT2D eigenvalue weighted by molar-refractivity contribution is 6.03. The highest BCUT2D eigenvalue weighted by atomic mass is 16.4. The summed E-state index contributed by atoms with van der Waals surface area (Å²) in [5, 5.41) is 3.19. The molecule has 1 N–H and O–H groups in total. The summed E-state index contributed by atoms with van der Waals surface area (Å²) in [5.41, 5.74) is 6.12.